The van der Waals surface area contributed by atoms with Gasteiger partial charge in [0, 0.05) is 4.88 Å². The molecule has 1 aromatic rings. The first-order valence-corrected chi connectivity index (χ1v) is 8.63. The van der Waals surface area contributed by atoms with E-state index in [1.807, 2.05) is 18.4 Å². The zero-order valence-electron chi connectivity index (χ0n) is 11.0. The highest BCUT2D eigenvalue weighted by molar-refractivity contribution is 9.12. The van der Waals surface area contributed by atoms with Crippen molar-refractivity contribution in [2.45, 2.75) is 29.9 Å². The SMILES string of the molecule is CCOC(=O)C(=O)CC(=O)C(Br)C(Br)c1cc(C)cs1. The quantitative estimate of drug-likeness (QED) is 0.291. The lowest BCUT2D eigenvalue weighted by molar-refractivity contribution is -0.154. The van der Waals surface area contributed by atoms with E-state index in [2.05, 4.69) is 36.6 Å². The summed E-state index contributed by atoms with van der Waals surface area (Å²) in [5, 5.41) is 1.98. The van der Waals surface area contributed by atoms with Gasteiger partial charge in [-0.25, -0.2) is 4.79 Å². The number of carbonyl (C=O) groups excluding carboxylic acids is 3. The van der Waals surface area contributed by atoms with Gasteiger partial charge >= 0.3 is 5.97 Å². The smallest absolute Gasteiger partial charge is 0.375 e. The predicted octanol–water partition coefficient (Wildman–Crippen LogP) is 3.35. The van der Waals surface area contributed by atoms with E-state index in [-0.39, 0.29) is 17.2 Å². The van der Waals surface area contributed by atoms with E-state index in [1.165, 1.54) is 11.3 Å². The Bertz CT molecular complexity index is 512. The molecule has 0 radical (unpaired) electrons. The van der Waals surface area contributed by atoms with Crippen molar-refractivity contribution in [2.24, 2.45) is 0 Å². The van der Waals surface area contributed by atoms with Gasteiger partial charge in [-0.15, -0.1) is 11.3 Å². The van der Waals surface area contributed by atoms with Crippen molar-refractivity contribution in [2.75, 3.05) is 6.61 Å². The van der Waals surface area contributed by atoms with Crippen LogP contribution >= 0.6 is 43.2 Å². The highest BCUT2D eigenvalue weighted by Crippen LogP contribution is 2.36. The van der Waals surface area contributed by atoms with Gasteiger partial charge < -0.3 is 4.74 Å². The van der Waals surface area contributed by atoms with E-state index in [4.69, 9.17) is 0 Å². The molecule has 1 heterocycles. The van der Waals surface area contributed by atoms with Crippen LogP contribution < -0.4 is 0 Å². The second kappa shape index (κ2) is 8.05. The number of ether oxygens (including phenoxy) is 1. The molecule has 1 aromatic heterocycles. The van der Waals surface area contributed by atoms with Crippen molar-refractivity contribution in [3.63, 3.8) is 0 Å². The Kier molecular flexibility index (Phi) is 7.05. The van der Waals surface area contributed by atoms with E-state index in [1.54, 1.807) is 6.92 Å². The third kappa shape index (κ3) is 4.79. The molecular formula is C13H14Br2O4S. The summed E-state index contributed by atoms with van der Waals surface area (Å²) >= 11 is 8.25. The molecule has 0 aliphatic carbocycles. The Morgan fingerprint density at radius 3 is 2.50 bits per heavy atom. The van der Waals surface area contributed by atoms with Gasteiger partial charge in [0.1, 0.15) is 0 Å². The highest BCUT2D eigenvalue weighted by atomic mass is 79.9. The number of ketones is 2. The minimum absolute atomic E-state index is 0.117. The van der Waals surface area contributed by atoms with Gasteiger partial charge in [0.15, 0.2) is 5.78 Å². The Hall–Kier alpha value is -0.530. The summed E-state index contributed by atoms with van der Waals surface area (Å²) in [6, 6.07) is 1.97. The molecule has 1 rings (SSSR count). The van der Waals surface area contributed by atoms with E-state index in [0.29, 0.717) is 0 Å². The molecule has 0 aliphatic heterocycles. The van der Waals surface area contributed by atoms with Gasteiger partial charge in [-0.1, -0.05) is 31.9 Å². The Labute approximate surface area is 138 Å². The largest absolute Gasteiger partial charge is 0.460 e. The first-order valence-electron chi connectivity index (χ1n) is 5.92. The molecule has 0 aliphatic rings. The van der Waals surface area contributed by atoms with Crippen LogP contribution in [0, 0.1) is 6.92 Å². The molecule has 7 heteroatoms. The van der Waals surface area contributed by atoms with Crippen LogP contribution in [0.1, 0.15) is 28.6 Å². The van der Waals surface area contributed by atoms with Crippen LogP contribution in [0.5, 0.6) is 0 Å². The number of alkyl halides is 2. The molecule has 0 fully saturated rings. The van der Waals surface area contributed by atoms with Crippen molar-refractivity contribution in [1.82, 2.24) is 0 Å². The van der Waals surface area contributed by atoms with Gasteiger partial charge in [-0.05, 0) is 30.9 Å². The van der Waals surface area contributed by atoms with Crippen LogP contribution in [0.3, 0.4) is 0 Å². The number of esters is 1. The molecule has 0 spiro atoms. The topological polar surface area (TPSA) is 60.4 Å². The van der Waals surface area contributed by atoms with E-state index in [0.717, 1.165) is 10.4 Å². The van der Waals surface area contributed by atoms with Crippen LogP contribution in [-0.4, -0.2) is 29.0 Å². The summed E-state index contributed by atoms with van der Waals surface area (Å²) in [5.74, 6) is -2.13. The standard InChI is InChI=1S/C13H14Br2O4S/c1-3-19-13(18)9(17)5-8(16)11(14)12(15)10-4-7(2)6-20-10/h4,6,11-12H,3,5H2,1-2H3. The lowest BCUT2D eigenvalue weighted by Crippen LogP contribution is -2.26. The van der Waals surface area contributed by atoms with Crippen molar-refractivity contribution in [1.29, 1.82) is 0 Å². The highest BCUT2D eigenvalue weighted by Gasteiger charge is 2.29. The normalized spacial score (nSPS) is 13.6. The van der Waals surface area contributed by atoms with Crippen LogP contribution in [0.2, 0.25) is 0 Å². The number of thiophene rings is 1. The number of rotatable bonds is 7. The van der Waals surface area contributed by atoms with E-state index >= 15 is 0 Å². The van der Waals surface area contributed by atoms with Gasteiger partial charge in [0.25, 0.3) is 0 Å². The maximum absolute atomic E-state index is 12.0. The van der Waals surface area contributed by atoms with Crippen LogP contribution in [-0.2, 0) is 19.1 Å². The fourth-order valence-electron chi connectivity index (χ4n) is 1.44. The number of hydrogen-bond acceptors (Lipinski definition) is 5. The molecule has 0 saturated heterocycles. The zero-order valence-corrected chi connectivity index (χ0v) is 15.0. The number of hydrogen-bond donors (Lipinski definition) is 0. The third-order valence-corrected chi connectivity index (χ3v) is 6.63. The Balaban J connectivity index is 2.63. The number of Topliss-reactive ketones (excluding diaryl/α,β-unsaturated/α-hetero) is 2. The summed E-state index contributed by atoms with van der Waals surface area (Å²) in [6.45, 7) is 3.69. The van der Waals surface area contributed by atoms with Crippen LogP contribution in [0.15, 0.2) is 11.4 Å². The summed E-state index contributed by atoms with van der Waals surface area (Å²) < 4.78 is 4.57. The van der Waals surface area contributed by atoms with E-state index in [9.17, 15) is 14.4 Å². The maximum Gasteiger partial charge on any atom is 0.375 e. The van der Waals surface area contributed by atoms with Gasteiger partial charge in [0.2, 0.25) is 5.78 Å². The maximum atomic E-state index is 12.0. The minimum Gasteiger partial charge on any atom is -0.460 e. The lowest BCUT2D eigenvalue weighted by atomic mass is 10.1. The van der Waals surface area contributed by atoms with Crippen LogP contribution in [0.4, 0.5) is 0 Å². The fourth-order valence-corrected chi connectivity index (χ4v) is 3.73. The molecule has 2 atom stereocenters. The average molecular weight is 426 g/mol. The Morgan fingerprint density at radius 1 is 1.35 bits per heavy atom. The predicted molar refractivity (Wildman–Crippen MR) is 84.7 cm³/mol. The second-order valence-corrected chi connectivity index (χ2v) is 7.03. The van der Waals surface area contributed by atoms with Crippen molar-refractivity contribution in [3.8, 4) is 0 Å². The summed E-state index contributed by atoms with van der Waals surface area (Å²) in [4.78, 5) is 34.8. The van der Waals surface area contributed by atoms with Crippen molar-refractivity contribution in [3.05, 3.63) is 21.9 Å². The monoisotopic (exact) mass is 424 g/mol. The third-order valence-electron chi connectivity index (χ3n) is 2.43. The number of halogens is 2. The molecule has 4 nitrogen and oxygen atoms in total. The molecule has 2 unspecified atom stereocenters. The van der Waals surface area contributed by atoms with Gasteiger partial charge in [0.05, 0.1) is 22.7 Å². The molecule has 0 bridgehead atoms. The number of carbonyl (C=O) groups is 3. The summed E-state index contributed by atoms with van der Waals surface area (Å²) in [6.07, 6.45) is -0.457. The first kappa shape index (κ1) is 17.5. The zero-order chi connectivity index (χ0) is 15.3. The molecule has 20 heavy (non-hydrogen) atoms. The van der Waals surface area contributed by atoms with E-state index < -0.39 is 23.0 Å². The molecule has 0 N–H and O–H groups in total. The lowest BCUT2D eigenvalue weighted by Gasteiger charge is -2.13. The fraction of sp³-hybridized carbons (Fsp3) is 0.462. The molecule has 0 aromatic carbocycles. The second-order valence-electron chi connectivity index (χ2n) is 4.12. The number of aryl methyl sites for hydroxylation is 1. The molecule has 110 valence electrons. The molecular weight excluding hydrogens is 412 g/mol. The molecule has 0 saturated carbocycles. The van der Waals surface area contributed by atoms with Gasteiger partial charge in [-0.3, -0.25) is 9.59 Å². The summed E-state index contributed by atoms with van der Waals surface area (Å²) in [7, 11) is 0. The summed E-state index contributed by atoms with van der Waals surface area (Å²) in [5.41, 5.74) is 1.11. The van der Waals surface area contributed by atoms with Crippen LogP contribution in [0.25, 0.3) is 0 Å². The molecule has 0 amide bonds. The van der Waals surface area contributed by atoms with Crippen molar-refractivity contribution >= 4 is 60.7 Å². The Morgan fingerprint density at radius 2 is 2.00 bits per heavy atom. The average Bonchev–Trinajstić information content (AvgIpc) is 2.83. The minimum atomic E-state index is -0.960. The first-order chi connectivity index (χ1) is 9.36. The van der Waals surface area contributed by atoms with Crippen molar-refractivity contribution < 1.29 is 19.1 Å². The van der Waals surface area contributed by atoms with Gasteiger partial charge in [-0.2, -0.15) is 0 Å².